The van der Waals surface area contributed by atoms with Gasteiger partial charge in [0, 0.05) is 35.8 Å². The van der Waals surface area contributed by atoms with Gasteiger partial charge in [0.15, 0.2) is 0 Å². The van der Waals surface area contributed by atoms with Crippen LogP contribution in [0.1, 0.15) is 24.2 Å². The molecule has 0 aromatic heterocycles. The molecule has 0 fully saturated rings. The minimum atomic E-state index is -0.341. The average molecular weight is 384 g/mol. The number of methoxy groups -OCH3 is 1. The summed E-state index contributed by atoms with van der Waals surface area (Å²) in [6.45, 7) is 3.66. The number of hydrogen-bond acceptors (Lipinski definition) is 4. The summed E-state index contributed by atoms with van der Waals surface area (Å²) in [7, 11) is 1.44. The number of anilines is 3. The largest absolute Gasteiger partial charge is 0.375 e. The SMILES string of the molecule is COCC(=O)Nc1cccc(NC(=O)c2cccc(NC(=O)NC(C)C)c2)c1. The number of benzene rings is 2. The molecule has 8 heteroatoms. The summed E-state index contributed by atoms with van der Waals surface area (Å²) in [4.78, 5) is 35.9. The lowest BCUT2D eigenvalue weighted by Crippen LogP contribution is -2.34. The van der Waals surface area contributed by atoms with Crippen molar-refractivity contribution in [3.63, 3.8) is 0 Å². The highest BCUT2D eigenvalue weighted by Crippen LogP contribution is 2.17. The number of carbonyl (C=O) groups is 3. The summed E-state index contributed by atoms with van der Waals surface area (Å²) in [6.07, 6.45) is 0. The van der Waals surface area contributed by atoms with E-state index in [4.69, 9.17) is 4.74 Å². The first kappa shape index (κ1) is 20.9. The molecule has 8 nitrogen and oxygen atoms in total. The molecule has 28 heavy (non-hydrogen) atoms. The van der Waals surface area contributed by atoms with E-state index < -0.39 is 0 Å². The van der Waals surface area contributed by atoms with Crippen LogP contribution in [0.25, 0.3) is 0 Å². The predicted molar refractivity (Wildman–Crippen MR) is 109 cm³/mol. The Morgan fingerprint density at radius 3 is 2.14 bits per heavy atom. The Kier molecular flexibility index (Phi) is 7.53. The highest BCUT2D eigenvalue weighted by atomic mass is 16.5. The van der Waals surface area contributed by atoms with Gasteiger partial charge in [0.05, 0.1) is 0 Å². The first-order valence-electron chi connectivity index (χ1n) is 8.75. The number of nitrogens with one attached hydrogen (secondary N) is 4. The number of hydrogen-bond donors (Lipinski definition) is 4. The molecule has 0 unspecified atom stereocenters. The Labute approximate surface area is 163 Å². The van der Waals surface area contributed by atoms with Crippen molar-refractivity contribution in [2.45, 2.75) is 19.9 Å². The number of urea groups is 1. The van der Waals surface area contributed by atoms with Gasteiger partial charge in [0.25, 0.3) is 5.91 Å². The van der Waals surface area contributed by atoms with Crippen molar-refractivity contribution in [1.29, 1.82) is 0 Å². The van der Waals surface area contributed by atoms with Crippen molar-refractivity contribution in [3.8, 4) is 0 Å². The van der Waals surface area contributed by atoms with Gasteiger partial charge < -0.3 is 26.0 Å². The summed E-state index contributed by atoms with van der Waals surface area (Å²) in [6, 6.07) is 13.0. The first-order valence-corrected chi connectivity index (χ1v) is 8.75. The maximum absolute atomic E-state index is 12.5. The van der Waals surface area contributed by atoms with E-state index in [0.29, 0.717) is 22.6 Å². The average Bonchev–Trinajstić information content (AvgIpc) is 2.61. The molecule has 0 radical (unpaired) electrons. The Hall–Kier alpha value is -3.39. The van der Waals surface area contributed by atoms with Crippen molar-refractivity contribution in [1.82, 2.24) is 5.32 Å². The van der Waals surface area contributed by atoms with E-state index >= 15 is 0 Å². The standard InChI is InChI=1S/C20H24N4O4/c1-13(2)21-20(27)24-15-7-4-6-14(10-15)19(26)23-17-9-5-8-16(11-17)22-18(25)12-28-3/h4-11,13H,12H2,1-3H3,(H,22,25)(H,23,26)(H2,21,24,27). The molecular weight excluding hydrogens is 360 g/mol. The molecule has 0 heterocycles. The number of rotatable bonds is 7. The van der Waals surface area contributed by atoms with Crippen LogP contribution in [0.5, 0.6) is 0 Å². The molecule has 2 aromatic rings. The molecular formula is C20H24N4O4. The molecule has 2 rings (SSSR count). The van der Waals surface area contributed by atoms with Crippen molar-refractivity contribution in [3.05, 3.63) is 54.1 Å². The van der Waals surface area contributed by atoms with Crippen LogP contribution in [0.4, 0.5) is 21.9 Å². The maximum atomic E-state index is 12.5. The summed E-state index contributed by atoms with van der Waals surface area (Å²) in [5, 5.41) is 10.8. The van der Waals surface area contributed by atoms with Crippen LogP contribution in [-0.2, 0) is 9.53 Å². The molecule has 148 valence electrons. The predicted octanol–water partition coefficient (Wildman–Crippen LogP) is 3.05. The van der Waals surface area contributed by atoms with E-state index in [-0.39, 0.29) is 30.5 Å². The normalized spacial score (nSPS) is 10.3. The highest BCUT2D eigenvalue weighted by Gasteiger charge is 2.10. The van der Waals surface area contributed by atoms with Gasteiger partial charge in [-0.15, -0.1) is 0 Å². The second kappa shape index (κ2) is 10.1. The second-order valence-corrected chi connectivity index (χ2v) is 6.35. The smallest absolute Gasteiger partial charge is 0.319 e. The Bertz CT molecular complexity index is 852. The van der Waals surface area contributed by atoms with Crippen LogP contribution in [-0.4, -0.2) is 37.6 Å². The third-order valence-electron chi connectivity index (χ3n) is 3.48. The lowest BCUT2D eigenvalue weighted by molar-refractivity contribution is -0.119. The highest BCUT2D eigenvalue weighted by molar-refractivity contribution is 6.05. The van der Waals surface area contributed by atoms with Gasteiger partial charge >= 0.3 is 6.03 Å². The number of amides is 4. The van der Waals surface area contributed by atoms with Crippen LogP contribution in [0.2, 0.25) is 0 Å². The maximum Gasteiger partial charge on any atom is 0.319 e. The fourth-order valence-electron chi connectivity index (χ4n) is 2.37. The lowest BCUT2D eigenvalue weighted by atomic mass is 10.1. The van der Waals surface area contributed by atoms with Crippen molar-refractivity contribution >= 4 is 34.9 Å². The zero-order valence-electron chi connectivity index (χ0n) is 16.0. The molecule has 0 aliphatic rings. The Morgan fingerprint density at radius 2 is 1.50 bits per heavy atom. The molecule has 0 saturated heterocycles. The van der Waals surface area contributed by atoms with E-state index in [1.807, 2.05) is 13.8 Å². The van der Waals surface area contributed by atoms with E-state index in [1.165, 1.54) is 7.11 Å². The van der Waals surface area contributed by atoms with Crippen LogP contribution >= 0.6 is 0 Å². The summed E-state index contributed by atoms with van der Waals surface area (Å²) in [5.74, 6) is -0.627. The van der Waals surface area contributed by atoms with Crippen molar-refractivity contribution in [2.24, 2.45) is 0 Å². The molecule has 0 saturated carbocycles. The third-order valence-corrected chi connectivity index (χ3v) is 3.48. The summed E-state index contributed by atoms with van der Waals surface area (Å²) < 4.78 is 4.77. The molecule has 4 amide bonds. The molecule has 0 aliphatic carbocycles. The zero-order chi connectivity index (χ0) is 20.5. The van der Waals surface area contributed by atoms with Crippen molar-refractivity contribution in [2.75, 3.05) is 29.7 Å². The van der Waals surface area contributed by atoms with Crippen LogP contribution in [0.3, 0.4) is 0 Å². The topological polar surface area (TPSA) is 109 Å². The fourth-order valence-corrected chi connectivity index (χ4v) is 2.37. The van der Waals surface area contributed by atoms with Gasteiger partial charge in [-0.25, -0.2) is 4.79 Å². The molecule has 0 spiro atoms. The van der Waals surface area contributed by atoms with E-state index in [1.54, 1.807) is 48.5 Å². The number of carbonyl (C=O) groups excluding carboxylic acids is 3. The van der Waals surface area contributed by atoms with Gasteiger partial charge in [-0.05, 0) is 50.2 Å². The Balaban J connectivity index is 2.04. The molecule has 0 aliphatic heterocycles. The monoisotopic (exact) mass is 384 g/mol. The van der Waals surface area contributed by atoms with Crippen LogP contribution in [0.15, 0.2) is 48.5 Å². The number of ether oxygens (including phenoxy) is 1. The van der Waals surface area contributed by atoms with Gasteiger partial charge in [0.2, 0.25) is 5.91 Å². The van der Waals surface area contributed by atoms with Crippen LogP contribution < -0.4 is 21.3 Å². The van der Waals surface area contributed by atoms with Crippen LogP contribution in [0, 0.1) is 0 Å². The van der Waals surface area contributed by atoms with E-state index in [2.05, 4.69) is 21.3 Å². The second-order valence-electron chi connectivity index (χ2n) is 6.35. The quantitative estimate of drug-likeness (QED) is 0.588. The summed E-state index contributed by atoms with van der Waals surface area (Å²) >= 11 is 0. The minimum absolute atomic E-state index is 0.00291. The van der Waals surface area contributed by atoms with Gasteiger partial charge in [-0.1, -0.05) is 12.1 Å². The van der Waals surface area contributed by atoms with Gasteiger partial charge in [-0.2, -0.15) is 0 Å². The third kappa shape index (κ3) is 6.73. The molecule has 0 atom stereocenters. The van der Waals surface area contributed by atoms with Gasteiger partial charge in [0.1, 0.15) is 6.61 Å². The summed E-state index contributed by atoms with van der Waals surface area (Å²) in [5.41, 5.74) is 1.96. The van der Waals surface area contributed by atoms with Crippen molar-refractivity contribution < 1.29 is 19.1 Å². The molecule has 2 aromatic carbocycles. The first-order chi connectivity index (χ1) is 13.4. The van der Waals surface area contributed by atoms with E-state index in [9.17, 15) is 14.4 Å². The molecule has 0 bridgehead atoms. The zero-order valence-corrected chi connectivity index (χ0v) is 16.0. The van der Waals surface area contributed by atoms with E-state index in [0.717, 1.165) is 0 Å². The minimum Gasteiger partial charge on any atom is -0.375 e. The molecule has 4 N–H and O–H groups in total. The fraction of sp³-hybridized carbons (Fsp3) is 0.250. The Morgan fingerprint density at radius 1 is 0.893 bits per heavy atom. The van der Waals surface area contributed by atoms with Gasteiger partial charge in [-0.3, -0.25) is 9.59 Å². The lowest BCUT2D eigenvalue weighted by Gasteiger charge is -2.12.